The highest BCUT2D eigenvalue weighted by Gasteiger charge is 1.96. The molecule has 1 aromatic rings. The second kappa shape index (κ2) is 14.7. The molecule has 0 saturated carbocycles. The van der Waals surface area contributed by atoms with Crippen molar-refractivity contribution in [2.24, 2.45) is 0 Å². The molecular weight excluding hydrogens is 282 g/mol. The van der Waals surface area contributed by atoms with Gasteiger partial charge in [0.15, 0.2) is 0 Å². The van der Waals surface area contributed by atoms with Crippen LogP contribution in [0.5, 0.6) is 0 Å². The molecule has 22 heavy (non-hydrogen) atoms. The molecule has 0 radical (unpaired) electrons. The minimum Gasteiger partial charge on any atom is -0.478 e. The van der Waals surface area contributed by atoms with E-state index < -0.39 is 5.97 Å². The van der Waals surface area contributed by atoms with Crippen LogP contribution in [0.1, 0.15) is 18.9 Å². The average Bonchev–Trinajstić information content (AvgIpc) is 2.56. The fourth-order valence-electron chi connectivity index (χ4n) is 0.890. The average molecular weight is 305 g/mol. The molecule has 0 saturated heterocycles. The molecule has 120 valence electrons. The van der Waals surface area contributed by atoms with Crippen molar-refractivity contribution in [3.05, 3.63) is 67.3 Å². The monoisotopic (exact) mass is 305 g/mol. The molecule has 1 amide bonds. The van der Waals surface area contributed by atoms with Gasteiger partial charge in [-0.3, -0.25) is 4.79 Å². The van der Waals surface area contributed by atoms with Crippen LogP contribution in [0.25, 0.3) is 6.08 Å². The molecule has 0 bridgehead atoms. The van der Waals surface area contributed by atoms with Crippen LogP contribution in [0.15, 0.2) is 61.7 Å². The predicted molar refractivity (Wildman–Crippen MR) is 89.0 cm³/mol. The number of carbonyl (C=O) groups is 2. The second-order valence-electron chi connectivity index (χ2n) is 3.78. The van der Waals surface area contributed by atoms with Crippen molar-refractivity contribution in [2.75, 3.05) is 6.73 Å². The van der Waals surface area contributed by atoms with E-state index in [4.69, 9.17) is 10.2 Å². The van der Waals surface area contributed by atoms with Crippen LogP contribution in [0, 0.1) is 0 Å². The Balaban J connectivity index is 0. The molecule has 0 heterocycles. The lowest BCUT2D eigenvalue weighted by Gasteiger charge is -1.89. The third kappa shape index (κ3) is 13.8. The van der Waals surface area contributed by atoms with Crippen LogP contribution in [0.3, 0.4) is 0 Å². The van der Waals surface area contributed by atoms with Crippen molar-refractivity contribution in [2.45, 2.75) is 13.3 Å². The van der Waals surface area contributed by atoms with Gasteiger partial charge in [-0.05, 0) is 18.1 Å². The van der Waals surface area contributed by atoms with E-state index in [2.05, 4.69) is 25.1 Å². The quantitative estimate of drug-likeness (QED) is 0.576. The summed E-state index contributed by atoms with van der Waals surface area (Å²) in [4.78, 5) is 19.9. The molecule has 0 aliphatic carbocycles. The molecule has 0 aliphatic heterocycles. The number of aliphatic hydroxyl groups is 1. The van der Waals surface area contributed by atoms with Gasteiger partial charge >= 0.3 is 5.97 Å². The first-order valence-corrected chi connectivity index (χ1v) is 6.52. The number of amides is 1. The van der Waals surface area contributed by atoms with Crippen LogP contribution >= 0.6 is 0 Å². The third-order valence-corrected chi connectivity index (χ3v) is 2.20. The Morgan fingerprint density at radius 2 is 1.77 bits per heavy atom. The van der Waals surface area contributed by atoms with E-state index in [1.54, 1.807) is 6.92 Å². The van der Waals surface area contributed by atoms with Gasteiger partial charge in [-0.1, -0.05) is 63.1 Å². The van der Waals surface area contributed by atoms with Gasteiger partial charge in [0.1, 0.15) is 6.73 Å². The number of aliphatic carboxylic acids is 1. The Bertz CT molecular complexity index is 479. The number of benzene rings is 1. The van der Waals surface area contributed by atoms with E-state index in [1.165, 1.54) is 5.56 Å². The maximum Gasteiger partial charge on any atom is 0.330 e. The summed E-state index contributed by atoms with van der Waals surface area (Å²) in [6.07, 6.45) is 3.45. The number of hydrogen-bond donors (Lipinski definition) is 3. The number of hydrogen-bond acceptors (Lipinski definition) is 3. The van der Waals surface area contributed by atoms with E-state index in [0.29, 0.717) is 6.42 Å². The van der Waals surface area contributed by atoms with Crippen molar-refractivity contribution < 1.29 is 19.8 Å². The minimum absolute atomic E-state index is 0.264. The SMILES string of the molecule is C=C(CC)C(=O)O.C=CC(=O)NCO.C=Cc1ccccc1. The number of carboxylic acid groups (broad SMARTS) is 1. The number of aliphatic hydroxyl groups excluding tert-OH is 1. The van der Waals surface area contributed by atoms with E-state index in [0.717, 1.165) is 6.08 Å². The van der Waals surface area contributed by atoms with Crippen molar-refractivity contribution in [3.63, 3.8) is 0 Å². The first-order chi connectivity index (χ1) is 10.4. The zero-order valence-corrected chi connectivity index (χ0v) is 12.8. The predicted octanol–water partition coefficient (Wildman–Crippen LogP) is 2.61. The molecule has 0 fully saturated rings. The van der Waals surface area contributed by atoms with E-state index in [9.17, 15) is 9.59 Å². The Morgan fingerprint density at radius 3 is 1.95 bits per heavy atom. The van der Waals surface area contributed by atoms with Gasteiger partial charge in [0.05, 0.1) is 0 Å². The topological polar surface area (TPSA) is 86.6 Å². The first kappa shape index (κ1) is 21.6. The summed E-state index contributed by atoms with van der Waals surface area (Å²) >= 11 is 0. The molecule has 0 aliphatic rings. The Morgan fingerprint density at radius 1 is 1.23 bits per heavy atom. The van der Waals surface area contributed by atoms with Crippen LogP contribution in [0.4, 0.5) is 0 Å². The Labute approximate surface area is 131 Å². The molecule has 1 aromatic carbocycles. The summed E-state index contributed by atoms with van der Waals surface area (Å²) in [5.41, 5.74) is 1.44. The molecule has 5 nitrogen and oxygen atoms in total. The molecule has 5 heteroatoms. The largest absolute Gasteiger partial charge is 0.478 e. The minimum atomic E-state index is -0.900. The lowest BCUT2D eigenvalue weighted by atomic mass is 10.2. The van der Waals surface area contributed by atoms with Gasteiger partial charge in [0, 0.05) is 5.57 Å². The van der Waals surface area contributed by atoms with Crippen LogP contribution in [-0.4, -0.2) is 28.8 Å². The van der Waals surface area contributed by atoms with Gasteiger partial charge in [-0.2, -0.15) is 0 Å². The lowest BCUT2D eigenvalue weighted by Crippen LogP contribution is -2.20. The van der Waals surface area contributed by atoms with Crippen molar-refractivity contribution >= 4 is 18.0 Å². The number of rotatable bonds is 5. The van der Waals surface area contributed by atoms with E-state index >= 15 is 0 Å². The zero-order valence-electron chi connectivity index (χ0n) is 12.8. The van der Waals surface area contributed by atoms with Gasteiger partial charge in [0.25, 0.3) is 0 Å². The summed E-state index contributed by atoms with van der Waals surface area (Å²) in [5, 5.41) is 18.2. The number of nitrogens with one attached hydrogen (secondary N) is 1. The molecule has 0 atom stereocenters. The normalized spacial score (nSPS) is 8.09. The third-order valence-electron chi connectivity index (χ3n) is 2.20. The summed E-state index contributed by atoms with van der Waals surface area (Å²) in [5.74, 6) is -1.26. The first-order valence-electron chi connectivity index (χ1n) is 6.52. The number of carbonyl (C=O) groups excluding carboxylic acids is 1. The fourth-order valence-corrected chi connectivity index (χ4v) is 0.890. The molecule has 3 N–H and O–H groups in total. The van der Waals surface area contributed by atoms with Crippen molar-refractivity contribution in [1.29, 1.82) is 0 Å². The molecule has 0 aromatic heterocycles. The summed E-state index contributed by atoms with van der Waals surface area (Å²) in [6, 6.07) is 10.0. The summed E-state index contributed by atoms with van der Waals surface area (Å²) < 4.78 is 0. The maximum absolute atomic E-state index is 10.0. The zero-order chi connectivity index (χ0) is 17.4. The number of carboxylic acids is 1. The van der Waals surface area contributed by atoms with Gasteiger partial charge in [-0.25, -0.2) is 4.79 Å². The van der Waals surface area contributed by atoms with Gasteiger partial charge < -0.3 is 15.5 Å². The molecule has 0 spiro atoms. The molecular formula is C17H23NO4. The second-order valence-corrected chi connectivity index (χ2v) is 3.78. The maximum atomic E-state index is 10.0. The van der Waals surface area contributed by atoms with Gasteiger partial charge in [-0.15, -0.1) is 0 Å². The van der Waals surface area contributed by atoms with Crippen molar-refractivity contribution in [1.82, 2.24) is 5.32 Å². The highest BCUT2D eigenvalue weighted by atomic mass is 16.4. The molecule has 1 rings (SSSR count). The highest BCUT2D eigenvalue weighted by molar-refractivity contribution is 5.86. The fraction of sp³-hybridized carbons (Fsp3) is 0.176. The standard InChI is InChI=1S/C8H8.C5H8O2.C4H7NO2/c1-2-8-6-4-3-5-7-8;1-3-4(2)5(6)7;1-2-4(7)5-3-6/h2-7H,1H2;2-3H2,1H3,(H,6,7);2,6H,1,3H2,(H,5,7). The van der Waals surface area contributed by atoms with Crippen LogP contribution < -0.4 is 5.32 Å². The summed E-state index contributed by atoms with van der Waals surface area (Å²) in [6.45, 7) is 11.5. The Kier molecular flexibility index (Phi) is 14.5. The Hall–Kier alpha value is -2.66. The van der Waals surface area contributed by atoms with Crippen LogP contribution in [0.2, 0.25) is 0 Å². The van der Waals surface area contributed by atoms with Crippen LogP contribution in [-0.2, 0) is 9.59 Å². The lowest BCUT2D eigenvalue weighted by molar-refractivity contribution is -0.132. The highest BCUT2D eigenvalue weighted by Crippen LogP contribution is 1.97. The van der Waals surface area contributed by atoms with Gasteiger partial charge in [0.2, 0.25) is 5.91 Å². The van der Waals surface area contributed by atoms with Crippen molar-refractivity contribution in [3.8, 4) is 0 Å². The molecule has 0 unspecified atom stereocenters. The smallest absolute Gasteiger partial charge is 0.330 e. The van der Waals surface area contributed by atoms with E-state index in [-0.39, 0.29) is 18.2 Å². The summed E-state index contributed by atoms with van der Waals surface area (Å²) in [7, 11) is 0. The van der Waals surface area contributed by atoms with E-state index in [1.807, 2.05) is 36.4 Å².